The SMILES string of the molecule is N#Cc1ncc(C#Cc2ccc3[nH]ccc3c2)cc1Cl. The normalized spacial score (nSPS) is 9.80. The summed E-state index contributed by atoms with van der Waals surface area (Å²) in [6.45, 7) is 0. The van der Waals surface area contributed by atoms with Gasteiger partial charge in [-0.25, -0.2) is 4.98 Å². The number of hydrogen-bond donors (Lipinski definition) is 1. The molecule has 0 unspecified atom stereocenters. The highest BCUT2D eigenvalue weighted by molar-refractivity contribution is 6.31. The van der Waals surface area contributed by atoms with Crippen molar-refractivity contribution in [3.8, 4) is 17.9 Å². The molecule has 94 valence electrons. The topological polar surface area (TPSA) is 52.5 Å². The van der Waals surface area contributed by atoms with E-state index in [4.69, 9.17) is 16.9 Å². The van der Waals surface area contributed by atoms with E-state index in [-0.39, 0.29) is 5.69 Å². The average molecular weight is 278 g/mol. The van der Waals surface area contributed by atoms with Crippen molar-refractivity contribution in [2.45, 2.75) is 0 Å². The van der Waals surface area contributed by atoms with Crippen molar-refractivity contribution < 1.29 is 0 Å². The van der Waals surface area contributed by atoms with Gasteiger partial charge in [0.25, 0.3) is 0 Å². The van der Waals surface area contributed by atoms with Crippen molar-refractivity contribution in [3.63, 3.8) is 0 Å². The molecular weight excluding hydrogens is 270 g/mol. The molecule has 3 aromatic rings. The number of aromatic nitrogens is 2. The van der Waals surface area contributed by atoms with Crippen LogP contribution in [-0.2, 0) is 0 Å². The monoisotopic (exact) mass is 277 g/mol. The number of nitrogens with zero attached hydrogens (tertiary/aromatic N) is 2. The molecule has 0 aliphatic carbocycles. The zero-order valence-electron chi connectivity index (χ0n) is 10.3. The maximum Gasteiger partial charge on any atom is 0.159 e. The summed E-state index contributed by atoms with van der Waals surface area (Å²) < 4.78 is 0. The summed E-state index contributed by atoms with van der Waals surface area (Å²) in [5.41, 5.74) is 2.89. The molecular formula is C16H8ClN3. The minimum atomic E-state index is 0.214. The predicted molar refractivity (Wildman–Crippen MR) is 78.2 cm³/mol. The number of H-pyrrole nitrogens is 1. The number of benzene rings is 1. The maximum atomic E-state index is 8.76. The van der Waals surface area contributed by atoms with E-state index in [2.05, 4.69) is 21.8 Å². The largest absolute Gasteiger partial charge is 0.361 e. The van der Waals surface area contributed by atoms with Gasteiger partial charge in [0.1, 0.15) is 6.07 Å². The summed E-state index contributed by atoms with van der Waals surface area (Å²) in [4.78, 5) is 7.08. The van der Waals surface area contributed by atoms with Crippen molar-refractivity contribution >= 4 is 22.5 Å². The smallest absolute Gasteiger partial charge is 0.159 e. The van der Waals surface area contributed by atoms with Crippen LogP contribution in [0, 0.1) is 23.2 Å². The molecule has 0 spiro atoms. The van der Waals surface area contributed by atoms with Gasteiger partial charge in [-0.05, 0) is 30.3 Å². The van der Waals surface area contributed by atoms with Crippen LogP contribution in [0.4, 0.5) is 0 Å². The number of aromatic amines is 1. The van der Waals surface area contributed by atoms with E-state index in [9.17, 15) is 0 Å². The van der Waals surface area contributed by atoms with Crippen LogP contribution in [0.25, 0.3) is 10.9 Å². The van der Waals surface area contributed by atoms with E-state index in [1.54, 1.807) is 12.3 Å². The van der Waals surface area contributed by atoms with Crippen LogP contribution in [0.15, 0.2) is 42.7 Å². The van der Waals surface area contributed by atoms with Crippen molar-refractivity contribution in [3.05, 3.63) is 64.6 Å². The quantitative estimate of drug-likeness (QED) is 0.640. The lowest BCUT2D eigenvalue weighted by atomic mass is 10.1. The molecule has 3 nitrogen and oxygen atoms in total. The molecule has 0 radical (unpaired) electrons. The molecule has 20 heavy (non-hydrogen) atoms. The Labute approximate surface area is 120 Å². The lowest BCUT2D eigenvalue weighted by molar-refractivity contribution is 1.25. The third kappa shape index (κ3) is 2.36. The third-order valence-electron chi connectivity index (χ3n) is 2.85. The molecule has 2 aromatic heterocycles. The first-order valence-electron chi connectivity index (χ1n) is 5.91. The highest BCUT2D eigenvalue weighted by atomic mass is 35.5. The summed E-state index contributed by atoms with van der Waals surface area (Å²) in [5.74, 6) is 6.06. The number of nitriles is 1. The van der Waals surface area contributed by atoms with Crippen molar-refractivity contribution in [2.75, 3.05) is 0 Å². The van der Waals surface area contributed by atoms with Crippen LogP contribution in [0.3, 0.4) is 0 Å². The standard InChI is InChI=1S/C16H8ClN3/c17-14-8-12(10-20-16(14)9-18)2-1-11-3-4-15-13(7-11)5-6-19-15/h3-8,10,19H. The second-order valence-corrected chi connectivity index (χ2v) is 4.60. The molecule has 0 amide bonds. The lowest BCUT2D eigenvalue weighted by Gasteiger charge is -1.95. The molecule has 1 N–H and O–H groups in total. The van der Waals surface area contributed by atoms with Gasteiger partial charge in [0.05, 0.1) is 5.02 Å². The third-order valence-corrected chi connectivity index (χ3v) is 3.14. The van der Waals surface area contributed by atoms with Crippen LogP contribution in [0.5, 0.6) is 0 Å². The number of fused-ring (bicyclic) bond motifs is 1. The Morgan fingerprint density at radius 3 is 2.75 bits per heavy atom. The second-order valence-electron chi connectivity index (χ2n) is 4.20. The van der Waals surface area contributed by atoms with Gasteiger partial charge in [-0.3, -0.25) is 0 Å². The summed E-state index contributed by atoms with van der Waals surface area (Å²) >= 11 is 5.92. The minimum Gasteiger partial charge on any atom is -0.361 e. The van der Waals surface area contributed by atoms with E-state index in [0.29, 0.717) is 10.6 Å². The van der Waals surface area contributed by atoms with Crippen LogP contribution in [0.1, 0.15) is 16.8 Å². The molecule has 0 bridgehead atoms. The zero-order chi connectivity index (χ0) is 13.9. The maximum absolute atomic E-state index is 8.76. The van der Waals surface area contributed by atoms with E-state index in [0.717, 1.165) is 16.5 Å². The Bertz CT molecular complexity index is 891. The van der Waals surface area contributed by atoms with Crippen LogP contribution < -0.4 is 0 Å². The minimum absolute atomic E-state index is 0.214. The molecule has 4 heteroatoms. The van der Waals surface area contributed by atoms with Crippen molar-refractivity contribution in [1.29, 1.82) is 5.26 Å². The molecule has 3 rings (SSSR count). The van der Waals surface area contributed by atoms with Crippen LogP contribution in [0.2, 0.25) is 5.02 Å². The van der Waals surface area contributed by atoms with Gasteiger partial charge in [0.2, 0.25) is 0 Å². The van der Waals surface area contributed by atoms with Crippen molar-refractivity contribution in [1.82, 2.24) is 9.97 Å². The first-order valence-corrected chi connectivity index (χ1v) is 6.29. The Hall–Kier alpha value is -2.75. The Kier molecular flexibility index (Phi) is 3.13. The molecule has 2 heterocycles. The molecule has 0 saturated carbocycles. The molecule has 1 aromatic carbocycles. The molecule has 0 aliphatic heterocycles. The van der Waals surface area contributed by atoms with Crippen molar-refractivity contribution in [2.24, 2.45) is 0 Å². The van der Waals surface area contributed by atoms with Gasteiger partial charge in [-0.1, -0.05) is 23.4 Å². The fourth-order valence-electron chi connectivity index (χ4n) is 1.86. The van der Waals surface area contributed by atoms with Gasteiger partial charge < -0.3 is 4.98 Å². The molecule has 0 saturated heterocycles. The Morgan fingerprint density at radius 1 is 1.10 bits per heavy atom. The van der Waals surface area contributed by atoms with E-state index in [1.165, 1.54) is 0 Å². The predicted octanol–water partition coefficient (Wildman–Crippen LogP) is 3.49. The number of nitrogens with one attached hydrogen (secondary N) is 1. The molecule has 0 fully saturated rings. The van der Waals surface area contributed by atoms with Gasteiger partial charge in [0, 0.05) is 34.4 Å². The van der Waals surface area contributed by atoms with Gasteiger partial charge in [-0.2, -0.15) is 5.26 Å². The number of rotatable bonds is 0. The van der Waals surface area contributed by atoms with Gasteiger partial charge >= 0.3 is 0 Å². The summed E-state index contributed by atoms with van der Waals surface area (Å²) in [5, 5.41) is 10.2. The number of hydrogen-bond acceptors (Lipinski definition) is 2. The fraction of sp³-hybridized carbons (Fsp3) is 0. The Morgan fingerprint density at radius 2 is 1.95 bits per heavy atom. The van der Waals surface area contributed by atoms with Crippen LogP contribution >= 0.6 is 11.6 Å². The van der Waals surface area contributed by atoms with E-state index in [1.807, 2.05) is 36.5 Å². The highest BCUT2D eigenvalue weighted by Crippen LogP contribution is 2.15. The lowest BCUT2D eigenvalue weighted by Crippen LogP contribution is -1.86. The van der Waals surface area contributed by atoms with Gasteiger partial charge in [-0.15, -0.1) is 0 Å². The second kappa shape index (κ2) is 5.09. The molecule has 0 aliphatic rings. The first-order chi connectivity index (χ1) is 9.76. The van der Waals surface area contributed by atoms with E-state index >= 15 is 0 Å². The van der Waals surface area contributed by atoms with Crippen LogP contribution in [-0.4, -0.2) is 9.97 Å². The fourth-order valence-corrected chi connectivity index (χ4v) is 2.07. The first kappa shape index (κ1) is 12.3. The summed E-state index contributed by atoms with van der Waals surface area (Å²) in [7, 11) is 0. The zero-order valence-corrected chi connectivity index (χ0v) is 11.1. The van der Waals surface area contributed by atoms with Gasteiger partial charge in [0.15, 0.2) is 5.69 Å². The van der Waals surface area contributed by atoms with E-state index < -0.39 is 0 Å². The molecule has 0 atom stereocenters. The average Bonchev–Trinajstić information content (AvgIpc) is 2.92. The Balaban J connectivity index is 1.95. The highest BCUT2D eigenvalue weighted by Gasteiger charge is 2.00. The summed E-state index contributed by atoms with van der Waals surface area (Å²) in [6, 6.07) is 11.5. The summed E-state index contributed by atoms with van der Waals surface area (Å²) in [6.07, 6.45) is 3.44. The number of halogens is 1. The number of pyridine rings is 1.